The standard InChI is InChI=1S/C10H7BrFNOS/c11-9-6-15-10(13-9)5-14-8-4-2-1-3-7(8)12/h1-4,6H,5H2. The van der Waals surface area contributed by atoms with Crippen LogP contribution in [-0.4, -0.2) is 4.98 Å². The third-order valence-electron chi connectivity index (χ3n) is 1.71. The summed E-state index contributed by atoms with van der Waals surface area (Å²) in [5, 5.41) is 2.67. The van der Waals surface area contributed by atoms with Crippen molar-refractivity contribution in [1.29, 1.82) is 0 Å². The smallest absolute Gasteiger partial charge is 0.165 e. The van der Waals surface area contributed by atoms with Crippen LogP contribution < -0.4 is 4.74 Å². The Kier molecular flexibility index (Phi) is 3.33. The number of ether oxygens (including phenoxy) is 1. The van der Waals surface area contributed by atoms with Crippen LogP contribution in [0.4, 0.5) is 4.39 Å². The summed E-state index contributed by atoms with van der Waals surface area (Å²) < 4.78 is 19.2. The van der Waals surface area contributed by atoms with Crippen LogP contribution in [0.5, 0.6) is 5.75 Å². The van der Waals surface area contributed by atoms with E-state index in [1.54, 1.807) is 18.2 Å². The van der Waals surface area contributed by atoms with Crippen molar-refractivity contribution in [2.45, 2.75) is 6.61 Å². The highest BCUT2D eigenvalue weighted by atomic mass is 79.9. The second-order valence-electron chi connectivity index (χ2n) is 2.78. The SMILES string of the molecule is Fc1ccccc1OCc1nc(Br)cs1. The maximum Gasteiger partial charge on any atom is 0.165 e. The zero-order chi connectivity index (χ0) is 10.7. The van der Waals surface area contributed by atoms with Crippen LogP contribution >= 0.6 is 27.3 Å². The Hall–Kier alpha value is -0.940. The molecule has 0 bridgehead atoms. The van der Waals surface area contributed by atoms with E-state index in [4.69, 9.17) is 4.74 Å². The van der Waals surface area contributed by atoms with Crippen molar-refractivity contribution >= 4 is 27.3 Å². The van der Waals surface area contributed by atoms with Crippen LogP contribution in [0, 0.1) is 5.82 Å². The number of nitrogens with zero attached hydrogens (tertiary/aromatic N) is 1. The lowest BCUT2D eigenvalue weighted by Crippen LogP contribution is -1.96. The summed E-state index contributed by atoms with van der Waals surface area (Å²) >= 11 is 4.71. The molecule has 0 radical (unpaired) electrons. The molecule has 0 aliphatic rings. The van der Waals surface area contributed by atoms with Crippen molar-refractivity contribution in [1.82, 2.24) is 4.98 Å². The molecule has 0 aliphatic heterocycles. The van der Waals surface area contributed by atoms with Gasteiger partial charge in [-0.2, -0.15) is 0 Å². The molecule has 0 N–H and O–H groups in total. The number of benzene rings is 1. The first-order valence-electron chi connectivity index (χ1n) is 4.23. The van der Waals surface area contributed by atoms with Gasteiger partial charge < -0.3 is 4.74 Å². The van der Waals surface area contributed by atoms with E-state index in [1.807, 2.05) is 5.38 Å². The summed E-state index contributed by atoms with van der Waals surface area (Å²) in [7, 11) is 0. The summed E-state index contributed by atoms with van der Waals surface area (Å²) in [6.07, 6.45) is 0. The molecule has 2 nitrogen and oxygen atoms in total. The molecule has 78 valence electrons. The van der Waals surface area contributed by atoms with Gasteiger partial charge in [0.05, 0.1) is 0 Å². The molecule has 1 aromatic carbocycles. The van der Waals surface area contributed by atoms with Gasteiger partial charge in [0.25, 0.3) is 0 Å². The number of aromatic nitrogens is 1. The Labute approximate surface area is 98.9 Å². The van der Waals surface area contributed by atoms with Crippen molar-refractivity contribution in [3.05, 3.63) is 45.1 Å². The highest BCUT2D eigenvalue weighted by molar-refractivity contribution is 9.10. The van der Waals surface area contributed by atoms with Crippen molar-refractivity contribution in [2.75, 3.05) is 0 Å². The van der Waals surface area contributed by atoms with E-state index in [9.17, 15) is 4.39 Å². The molecule has 0 saturated heterocycles. The second-order valence-corrected chi connectivity index (χ2v) is 4.54. The molecule has 5 heteroatoms. The minimum atomic E-state index is -0.354. The van der Waals surface area contributed by atoms with Gasteiger partial charge in [0.2, 0.25) is 0 Å². The zero-order valence-corrected chi connectivity index (χ0v) is 10.0. The Balaban J connectivity index is 2.02. The predicted octanol–water partition coefficient (Wildman–Crippen LogP) is 3.62. The molecule has 2 aromatic rings. The molecule has 1 heterocycles. The summed E-state index contributed by atoms with van der Waals surface area (Å²) in [5.41, 5.74) is 0. The van der Waals surface area contributed by atoms with E-state index in [0.29, 0.717) is 0 Å². The molecule has 15 heavy (non-hydrogen) atoms. The minimum absolute atomic E-state index is 0.254. The lowest BCUT2D eigenvalue weighted by Gasteiger charge is -2.03. The molecule has 2 rings (SSSR count). The predicted molar refractivity (Wildman–Crippen MR) is 60.5 cm³/mol. The van der Waals surface area contributed by atoms with E-state index in [1.165, 1.54) is 17.4 Å². The lowest BCUT2D eigenvalue weighted by atomic mass is 10.3. The maximum absolute atomic E-state index is 13.1. The van der Waals surface area contributed by atoms with Crippen LogP contribution in [0.3, 0.4) is 0 Å². The quantitative estimate of drug-likeness (QED) is 0.860. The third-order valence-corrected chi connectivity index (χ3v) is 3.24. The number of hydrogen-bond donors (Lipinski definition) is 0. The van der Waals surface area contributed by atoms with Gasteiger partial charge in [-0.25, -0.2) is 9.37 Å². The fourth-order valence-corrected chi connectivity index (χ4v) is 2.23. The first-order chi connectivity index (χ1) is 7.25. The van der Waals surface area contributed by atoms with Crippen LogP contribution in [0.25, 0.3) is 0 Å². The third kappa shape index (κ3) is 2.76. The second kappa shape index (κ2) is 4.72. The zero-order valence-electron chi connectivity index (χ0n) is 7.61. The van der Waals surface area contributed by atoms with Gasteiger partial charge in [0.15, 0.2) is 11.6 Å². The van der Waals surface area contributed by atoms with Crippen molar-refractivity contribution in [3.8, 4) is 5.75 Å². The summed E-state index contributed by atoms with van der Waals surface area (Å²) in [5.74, 6) is -0.100. The van der Waals surface area contributed by atoms with E-state index in [2.05, 4.69) is 20.9 Å². The summed E-state index contributed by atoms with van der Waals surface area (Å²) in [4.78, 5) is 4.14. The molecule has 0 spiro atoms. The van der Waals surface area contributed by atoms with Gasteiger partial charge in [-0.05, 0) is 28.1 Å². The maximum atomic E-state index is 13.1. The largest absolute Gasteiger partial charge is 0.483 e. The molecular formula is C10H7BrFNOS. The fraction of sp³-hybridized carbons (Fsp3) is 0.100. The Morgan fingerprint density at radius 2 is 2.20 bits per heavy atom. The Bertz CT molecular complexity index is 460. The van der Waals surface area contributed by atoms with Crippen molar-refractivity contribution < 1.29 is 9.13 Å². The number of rotatable bonds is 3. The first-order valence-corrected chi connectivity index (χ1v) is 5.90. The average Bonchev–Trinajstić information content (AvgIpc) is 2.63. The number of hydrogen-bond acceptors (Lipinski definition) is 3. The van der Waals surface area contributed by atoms with E-state index in [-0.39, 0.29) is 18.2 Å². The molecular weight excluding hydrogens is 281 g/mol. The molecule has 0 saturated carbocycles. The topological polar surface area (TPSA) is 22.1 Å². The molecule has 0 atom stereocenters. The number of halogens is 2. The van der Waals surface area contributed by atoms with Crippen LogP contribution in [-0.2, 0) is 6.61 Å². The van der Waals surface area contributed by atoms with E-state index in [0.717, 1.165) is 9.61 Å². The minimum Gasteiger partial charge on any atom is -0.483 e. The highest BCUT2D eigenvalue weighted by Crippen LogP contribution is 2.19. The first kappa shape index (κ1) is 10.6. The summed E-state index contributed by atoms with van der Waals surface area (Å²) in [6.45, 7) is 0.289. The number of para-hydroxylation sites is 1. The van der Waals surface area contributed by atoms with Gasteiger partial charge in [0.1, 0.15) is 16.2 Å². The Morgan fingerprint density at radius 1 is 1.40 bits per heavy atom. The van der Waals surface area contributed by atoms with Crippen LogP contribution in [0.1, 0.15) is 5.01 Å². The number of thiazole rings is 1. The molecule has 0 aliphatic carbocycles. The summed E-state index contributed by atoms with van der Waals surface area (Å²) in [6, 6.07) is 6.32. The van der Waals surface area contributed by atoms with E-state index >= 15 is 0 Å². The van der Waals surface area contributed by atoms with E-state index < -0.39 is 0 Å². The van der Waals surface area contributed by atoms with Gasteiger partial charge >= 0.3 is 0 Å². The molecule has 0 fully saturated rings. The monoisotopic (exact) mass is 287 g/mol. The van der Waals surface area contributed by atoms with Gasteiger partial charge in [-0.3, -0.25) is 0 Å². The van der Waals surface area contributed by atoms with Crippen molar-refractivity contribution in [3.63, 3.8) is 0 Å². The fourth-order valence-electron chi connectivity index (χ4n) is 1.06. The van der Waals surface area contributed by atoms with Crippen LogP contribution in [0.2, 0.25) is 0 Å². The molecule has 1 aromatic heterocycles. The highest BCUT2D eigenvalue weighted by Gasteiger charge is 2.04. The Morgan fingerprint density at radius 3 is 2.87 bits per heavy atom. The van der Waals surface area contributed by atoms with Crippen molar-refractivity contribution in [2.24, 2.45) is 0 Å². The molecule has 0 unspecified atom stereocenters. The van der Waals surface area contributed by atoms with Crippen LogP contribution in [0.15, 0.2) is 34.2 Å². The van der Waals surface area contributed by atoms with Gasteiger partial charge in [-0.15, -0.1) is 11.3 Å². The molecule has 0 amide bonds. The normalized spacial score (nSPS) is 10.3. The van der Waals surface area contributed by atoms with Gasteiger partial charge in [-0.1, -0.05) is 12.1 Å². The average molecular weight is 288 g/mol. The lowest BCUT2D eigenvalue weighted by molar-refractivity contribution is 0.289. The van der Waals surface area contributed by atoms with Gasteiger partial charge in [0, 0.05) is 5.38 Å².